The Labute approximate surface area is 113 Å². The number of ether oxygens (including phenoxy) is 1. The van der Waals surface area contributed by atoms with E-state index in [0.29, 0.717) is 0 Å². The van der Waals surface area contributed by atoms with Crippen LogP contribution in [0.1, 0.15) is 6.42 Å². The molecule has 0 aliphatic carbocycles. The van der Waals surface area contributed by atoms with Crippen LogP contribution in [0, 0.1) is 0 Å². The number of hydrogen-bond donors (Lipinski definition) is 7. The van der Waals surface area contributed by atoms with Gasteiger partial charge in [0.05, 0.1) is 13.0 Å². The average Bonchev–Trinajstić information content (AvgIpc) is 2.39. The molecule has 0 radical (unpaired) electrons. The van der Waals surface area contributed by atoms with Gasteiger partial charge >= 0.3 is 5.97 Å². The predicted octanol–water partition coefficient (Wildman–Crippen LogP) is -4.30. The Morgan fingerprint density at radius 3 is 2.30 bits per heavy atom. The van der Waals surface area contributed by atoms with Gasteiger partial charge < -0.3 is 41.3 Å². The van der Waals surface area contributed by atoms with Crippen LogP contribution in [0.25, 0.3) is 0 Å². The molecule has 0 aromatic heterocycles. The van der Waals surface area contributed by atoms with Gasteiger partial charge in [0.15, 0.2) is 6.23 Å². The number of carbonyl (C=O) groups excluding carboxylic acids is 1. The highest BCUT2D eigenvalue weighted by molar-refractivity contribution is 5.84. The molecule has 1 heterocycles. The lowest BCUT2D eigenvalue weighted by Gasteiger charge is -2.40. The largest absolute Gasteiger partial charge is 0.480 e. The Morgan fingerprint density at radius 1 is 1.20 bits per heavy atom. The minimum absolute atomic E-state index is 0.551. The molecule has 0 bridgehead atoms. The number of carbonyl (C=O) groups is 2. The third-order valence-corrected chi connectivity index (χ3v) is 2.92. The van der Waals surface area contributed by atoms with Crippen LogP contribution in [0.2, 0.25) is 0 Å². The molecule has 0 aromatic rings. The van der Waals surface area contributed by atoms with E-state index < -0.39 is 61.6 Å². The van der Waals surface area contributed by atoms with Crippen LogP contribution < -0.4 is 11.1 Å². The van der Waals surface area contributed by atoms with Crippen molar-refractivity contribution in [2.75, 3.05) is 6.61 Å². The van der Waals surface area contributed by atoms with Crippen LogP contribution in [-0.4, -0.2) is 80.7 Å². The Balaban J connectivity index is 2.61. The van der Waals surface area contributed by atoms with E-state index in [1.807, 2.05) is 0 Å². The SMILES string of the molecule is N[C@H](CC(=O)N[C@@H]1OC(CO)[C@@H](O)[C@@H](O)C1O)C(=O)O. The molecule has 6 atom stereocenters. The molecule has 1 amide bonds. The number of carboxylic acids is 1. The summed E-state index contributed by atoms with van der Waals surface area (Å²) in [6.07, 6.45) is -7.89. The quantitative estimate of drug-likeness (QED) is 0.263. The molecule has 8 N–H and O–H groups in total. The topological polar surface area (TPSA) is 183 Å². The second-order valence-electron chi connectivity index (χ2n) is 4.47. The number of amides is 1. The van der Waals surface area contributed by atoms with Crippen molar-refractivity contribution in [3.05, 3.63) is 0 Å². The fourth-order valence-corrected chi connectivity index (χ4v) is 1.73. The molecule has 1 saturated heterocycles. The number of rotatable bonds is 5. The van der Waals surface area contributed by atoms with Crippen LogP contribution >= 0.6 is 0 Å². The molecule has 0 spiro atoms. The highest BCUT2D eigenvalue weighted by Gasteiger charge is 2.44. The molecule has 2 unspecified atom stereocenters. The van der Waals surface area contributed by atoms with Crippen LogP contribution in [0.5, 0.6) is 0 Å². The molecular formula is C10H18N2O8. The van der Waals surface area contributed by atoms with E-state index in [-0.39, 0.29) is 0 Å². The molecule has 0 aromatic carbocycles. The summed E-state index contributed by atoms with van der Waals surface area (Å²) in [6, 6.07) is -1.42. The number of aliphatic carboxylic acids is 1. The van der Waals surface area contributed by atoms with Gasteiger partial charge in [0.2, 0.25) is 5.91 Å². The molecule has 116 valence electrons. The Bertz CT molecular complexity index is 363. The van der Waals surface area contributed by atoms with E-state index in [4.69, 9.17) is 20.7 Å². The van der Waals surface area contributed by atoms with Crippen molar-refractivity contribution in [2.45, 2.75) is 43.1 Å². The Morgan fingerprint density at radius 2 is 1.80 bits per heavy atom. The summed E-state index contributed by atoms with van der Waals surface area (Å²) in [6.45, 7) is -0.633. The minimum Gasteiger partial charge on any atom is -0.480 e. The lowest BCUT2D eigenvalue weighted by molar-refractivity contribution is -0.236. The van der Waals surface area contributed by atoms with Gasteiger partial charge in [-0.3, -0.25) is 9.59 Å². The van der Waals surface area contributed by atoms with Crippen molar-refractivity contribution in [3.8, 4) is 0 Å². The normalized spacial score (nSPS) is 35.4. The van der Waals surface area contributed by atoms with Crippen LogP contribution in [0.4, 0.5) is 0 Å². The summed E-state index contributed by atoms with van der Waals surface area (Å²) >= 11 is 0. The molecule has 1 aliphatic heterocycles. The van der Waals surface area contributed by atoms with Crippen molar-refractivity contribution in [2.24, 2.45) is 5.73 Å². The van der Waals surface area contributed by atoms with Gasteiger partial charge in [-0.25, -0.2) is 0 Å². The molecule has 10 heteroatoms. The second-order valence-corrected chi connectivity index (χ2v) is 4.47. The molecule has 0 saturated carbocycles. The van der Waals surface area contributed by atoms with Crippen molar-refractivity contribution >= 4 is 11.9 Å². The summed E-state index contributed by atoms with van der Waals surface area (Å²) in [5.74, 6) is -2.18. The van der Waals surface area contributed by atoms with Crippen LogP contribution in [-0.2, 0) is 14.3 Å². The minimum atomic E-state index is -1.63. The first-order valence-electron chi connectivity index (χ1n) is 5.86. The first kappa shape index (κ1) is 16.8. The van der Waals surface area contributed by atoms with Gasteiger partial charge in [-0.05, 0) is 0 Å². The van der Waals surface area contributed by atoms with Crippen molar-refractivity contribution in [1.82, 2.24) is 5.32 Å². The Hall–Kier alpha value is -1.30. The smallest absolute Gasteiger partial charge is 0.321 e. The van der Waals surface area contributed by atoms with Crippen molar-refractivity contribution < 1.29 is 39.9 Å². The summed E-state index contributed by atoms with van der Waals surface area (Å²) in [5.41, 5.74) is 5.17. The monoisotopic (exact) mass is 294 g/mol. The zero-order valence-corrected chi connectivity index (χ0v) is 10.4. The van der Waals surface area contributed by atoms with Gasteiger partial charge in [-0.2, -0.15) is 0 Å². The number of hydrogen-bond acceptors (Lipinski definition) is 8. The van der Waals surface area contributed by atoms with E-state index in [2.05, 4.69) is 5.32 Å². The number of aliphatic hydroxyl groups is 4. The summed E-state index contributed by atoms with van der Waals surface area (Å²) in [7, 11) is 0. The maximum atomic E-state index is 11.5. The fraction of sp³-hybridized carbons (Fsp3) is 0.800. The average molecular weight is 294 g/mol. The lowest BCUT2D eigenvalue weighted by Crippen LogP contribution is -2.63. The lowest BCUT2D eigenvalue weighted by atomic mass is 9.98. The van der Waals surface area contributed by atoms with E-state index in [0.717, 1.165) is 0 Å². The third-order valence-electron chi connectivity index (χ3n) is 2.92. The summed E-state index contributed by atoms with van der Waals surface area (Å²) < 4.78 is 5.01. The first-order chi connectivity index (χ1) is 9.27. The highest BCUT2D eigenvalue weighted by atomic mass is 16.6. The third kappa shape index (κ3) is 3.85. The van der Waals surface area contributed by atoms with Gasteiger partial charge in [0.25, 0.3) is 0 Å². The number of nitrogens with two attached hydrogens (primary N) is 1. The molecule has 1 rings (SSSR count). The van der Waals surface area contributed by atoms with Gasteiger partial charge in [-0.15, -0.1) is 0 Å². The van der Waals surface area contributed by atoms with Gasteiger partial charge in [-0.1, -0.05) is 0 Å². The second kappa shape index (κ2) is 6.92. The van der Waals surface area contributed by atoms with Crippen molar-refractivity contribution in [3.63, 3.8) is 0 Å². The molecule has 1 aliphatic rings. The van der Waals surface area contributed by atoms with Crippen LogP contribution in [0.3, 0.4) is 0 Å². The van der Waals surface area contributed by atoms with Gasteiger partial charge in [0.1, 0.15) is 30.5 Å². The van der Waals surface area contributed by atoms with E-state index >= 15 is 0 Å². The molecule has 20 heavy (non-hydrogen) atoms. The summed E-state index contributed by atoms with van der Waals surface area (Å²) in [4.78, 5) is 22.0. The van der Waals surface area contributed by atoms with Crippen molar-refractivity contribution in [1.29, 1.82) is 0 Å². The molecular weight excluding hydrogens is 276 g/mol. The first-order valence-corrected chi connectivity index (χ1v) is 5.86. The zero-order valence-electron chi connectivity index (χ0n) is 10.4. The van der Waals surface area contributed by atoms with E-state index in [1.54, 1.807) is 0 Å². The maximum Gasteiger partial charge on any atom is 0.321 e. The number of carboxylic acid groups (broad SMARTS) is 1. The summed E-state index contributed by atoms with van der Waals surface area (Å²) in [5, 5.41) is 48.3. The van der Waals surface area contributed by atoms with Gasteiger partial charge in [0, 0.05) is 0 Å². The number of aliphatic hydroxyl groups excluding tert-OH is 4. The van der Waals surface area contributed by atoms with Crippen LogP contribution in [0.15, 0.2) is 0 Å². The fourth-order valence-electron chi connectivity index (χ4n) is 1.73. The molecule has 10 nitrogen and oxygen atoms in total. The zero-order chi connectivity index (χ0) is 15.4. The molecule has 1 fully saturated rings. The number of nitrogens with one attached hydrogen (secondary N) is 1. The van der Waals surface area contributed by atoms with E-state index in [1.165, 1.54) is 0 Å². The Kier molecular flexibility index (Phi) is 5.80. The standard InChI is InChI=1S/C10H18N2O8/c11-3(10(18)19)1-5(14)12-9-8(17)7(16)6(15)4(2-13)20-9/h3-4,6-9,13,15-17H,1-2,11H2,(H,12,14)(H,18,19)/t3-,4?,6-,7-,8?,9-/m1/s1. The highest BCUT2D eigenvalue weighted by Crippen LogP contribution is 2.19. The maximum absolute atomic E-state index is 11.5. The van der Waals surface area contributed by atoms with E-state index in [9.17, 15) is 24.9 Å². The predicted molar refractivity (Wildman–Crippen MR) is 62.1 cm³/mol.